The number of hydrogen-bond acceptors (Lipinski definition) is 4. The summed E-state index contributed by atoms with van der Waals surface area (Å²) in [6, 6.07) is 8.49. The Bertz CT molecular complexity index is 625. The summed E-state index contributed by atoms with van der Waals surface area (Å²) in [5.41, 5.74) is 1.12. The monoisotopic (exact) mass is 279 g/mol. The van der Waals surface area contributed by atoms with Gasteiger partial charge in [0.05, 0.1) is 23.8 Å². The minimum absolute atomic E-state index is 0.204. The zero-order chi connectivity index (χ0) is 14.0. The van der Waals surface area contributed by atoms with Gasteiger partial charge in [-0.2, -0.15) is 5.26 Å². The summed E-state index contributed by atoms with van der Waals surface area (Å²) in [6.45, 7) is 0.446. The first-order valence-corrected chi connectivity index (χ1v) is 7.51. The number of sulfonamides is 1. The fourth-order valence-electron chi connectivity index (χ4n) is 1.75. The Kier molecular flexibility index (Phi) is 3.55. The molecule has 0 spiro atoms. The van der Waals surface area contributed by atoms with Crippen molar-refractivity contribution in [2.45, 2.75) is 0 Å². The summed E-state index contributed by atoms with van der Waals surface area (Å²) in [5.74, 6) is -0.519. The molecule has 0 radical (unpaired) electrons. The van der Waals surface area contributed by atoms with Crippen LogP contribution in [0.1, 0.15) is 5.56 Å². The van der Waals surface area contributed by atoms with Gasteiger partial charge in [0.1, 0.15) is 0 Å². The van der Waals surface area contributed by atoms with Crippen molar-refractivity contribution in [1.82, 2.24) is 4.31 Å². The van der Waals surface area contributed by atoms with Crippen LogP contribution in [0.3, 0.4) is 0 Å². The topological polar surface area (TPSA) is 90.3 Å². The van der Waals surface area contributed by atoms with Crippen LogP contribution < -0.4 is 5.32 Å². The highest BCUT2D eigenvalue weighted by Crippen LogP contribution is 2.20. The van der Waals surface area contributed by atoms with Crippen molar-refractivity contribution < 1.29 is 13.2 Å². The maximum atomic E-state index is 11.8. The van der Waals surface area contributed by atoms with Crippen LogP contribution in [0, 0.1) is 17.2 Å². The van der Waals surface area contributed by atoms with Crippen LogP contribution in [0.2, 0.25) is 0 Å². The van der Waals surface area contributed by atoms with Crippen LogP contribution in [0.25, 0.3) is 0 Å². The fourth-order valence-corrected chi connectivity index (χ4v) is 2.65. The van der Waals surface area contributed by atoms with E-state index in [4.69, 9.17) is 5.26 Å². The molecule has 1 aliphatic heterocycles. The zero-order valence-corrected chi connectivity index (χ0v) is 11.1. The average Bonchev–Trinajstić information content (AvgIpc) is 2.26. The molecule has 0 aromatic heterocycles. The maximum Gasteiger partial charge on any atom is 0.230 e. The molecule has 100 valence electrons. The normalized spacial score (nSPS) is 16.4. The van der Waals surface area contributed by atoms with E-state index in [0.717, 1.165) is 6.26 Å². The third kappa shape index (κ3) is 3.10. The lowest BCUT2D eigenvalue weighted by atomic mass is 10.0. The fraction of sp³-hybridized carbons (Fsp3) is 0.333. The third-order valence-corrected chi connectivity index (χ3v) is 4.21. The van der Waals surface area contributed by atoms with Crippen molar-refractivity contribution in [3.63, 3.8) is 0 Å². The first kappa shape index (κ1) is 13.5. The second-order valence-corrected chi connectivity index (χ2v) is 6.44. The van der Waals surface area contributed by atoms with Crippen molar-refractivity contribution in [2.75, 3.05) is 24.7 Å². The van der Waals surface area contributed by atoms with Gasteiger partial charge in [-0.3, -0.25) is 4.79 Å². The molecule has 2 rings (SSSR count). The van der Waals surface area contributed by atoms with Gasteiger partial charge < -0.3 is 5.32 Å². The van der Waals surface area contributed by atoms with E-state index in [1.165, 1.54) is 4.31 Å². The van der Waals surface area contributed by atoms with E-state index in [9.17, 15) is 13.2 Å². The van der Waals surface area contributed by atoms with Gasteiger partial charge in [0.2, 0.25) is 15.9 Å². The second kappa shape index (κ2) is 4.99. The van der Waals surface area contributed by atoms with Gasteiger partial charge in [-0.05, 0) is 24.3 Å². The van der Waals surface area contributed by atoms with Gasteiger partial charge in [0.25, 0.3) is 0 Å². The smallest absolute Gasteiger partial charge is 0.230 e. The Hall–Kier alpha value is -1.91. The molecule has 1 N–H and O–H groups in total. The number of carbonyl (C=O) groups excluding carboxylic acids is 1. The zero-order valence-electron chi connectivity index (χ0n) is 10.3. The van der Waals surface area contributed by atoms with E-state index in [1.54, 1.807) is 24.3 Å². The molecule has 1 saturated heterocycles. The Morgan fingerprint density at radius 2 is 1.95 bits per heavy atom. The number of anilines is 1. The Morgan fingerprint density at radius 1 is 1.37 bits per heavy atom. The predicted molar refractivity (Wildman–Crippen MR) is 69.7 cm³/mol. The van der Waals surface area contributed by atoms with Crippen molar-refractivity contribution in [2.24, 2.45) is 5.92 Å². The van der Waals surface area contributed by atoms with Gasteiger partial charge >= 0.3 is 0 Å². The molecule has 0 unspecified atom stereocenters. The highest BCUT2D eigenvalue weighted by Gasteiger charge is 2.37. The summed E-state index contributed by atoms with van der Waals surface area (Å²) in [7, 11) is -3.20. The number of nitrogens with one attached hydrogen (secondary N) is 1. The Balaban J connectivity index is 1.91. The van der Waals surface area contributed by atoms with Crippen LogP contribution in [0.15, 0.2) is 24.3 Å². The minimum Gasteiger partial charge on any atom is -0.326 e. The van der Waals surface area contributed by atoms with E-state index < -0.39 is 10.0 Å². The van der Waals surface area contributed by atoms with Crippen LogP contribution in [-0.2, 0) is 14.8 Å². The molecule has 1 aliphatic rings. The molecule has 1 fully saturated rings. The number of rotatable bonds is 3. The molecule has 1 aromatic rings. The molecule has 0 bridgehead atoms. The van der Waals surface area contributed by atoms with Crippen molar-refractivity contribution in [1.29, 1.82) is 5.26 Å². The van der Waals surface area contributed by atoms with Crippen LogP contribution in [0.5, 0.6) is 0 Å². The number of amides is 1. The van der Waals surface area contributed by atoms with E-state index in [-0.39, 0.29) is 24.9 Å². The highest BCUT2D eigenvalue weighted by molar-refractivity contribution is 7.88. The SMILES string of the molecule is CS(=O)(=O)N1CC(C(=O)Nc2ccc(C#N)cc2)C1. The van der Waals surface area contributed by atoms with Crippen molar-refractivity contribution >= 4 is 21.6 Å². The quantitative estimate of drug-likeness (QED) is 0.866. The maximum absolute atomic E-state index is 11.8. The molecule has 0 aliphatic carbocycles. The first-order valence-electron chi connectivity index (χ1n) is 5.66. The predicted octanol–water partition coefficient (Wildman–Crippen LogP) is 0.388. The van der Waals surface area contributed by atoms with E-state index in [2.05, 4.69) is 5.32 Å². The van der Waals surface area contributed by atoms with Crippen molar-refractivity contribution in [3.05, 3.63) is 29.8 Å². The molecular weight excluding hydrogens is 266 g/mol. The summed E-state index contributed by atoms with van der Waals surface area (Å²) in [4.78, 5) is 11.8. The molecular formula is C12H13N3O3S. The van der Waals surface area contributed by atoms with Crippen LogP contribution in [0.4, 0.5) is 5.69 Å². The molecule has 1 amide bonds. The van der Waals surface area contributed by atoms with Gasteiger partial charge in [-0.25, -0.2) is 12.7 Å². The van der Waals surface area contributed by atoms with Gasteiger partial charge in [-0.1, -0.05) is 0 Å². The lowest BCUT2D eigenvalue weighted by Crippen LogP contribution is -2.53. The van der Waals surface area contributed by atoms with Gasteiger partial charge in [0, 0.05) is 18.8 Å². The lowest BCUT2D eigenvalue weighted by Gasteiger charge is -2.35. The average molecular weight is 279 g/mol. The minimum atomic E-state index is -3.20. The second-order valence-electron chi connectivity index (χ2n) is 4.46. The Labute approximate surface area is 111 Å². The number of nitrogens with zero attached hydrogens (tertiary/aromatic N) is 2. The van der Waals surface area contributed by atoms with Gasteiger partial charge in [-0.15, -0.1) is 0 Å². The number of nitriles is 1. The molecule has 0 atom stereocenters. The standard InChI is InChI=1S/C12H13N3O3S/c1-19(17,18)15-7-10(8-15)12(16)14-11-4-2-9(6-13)3-5-11/h2-5,10H,7-8H2,1H3,(H,14,16). The summed E-state index contributed by atoms with van der Waals surface area (Å²) >= 11 is 0. The highest BCUT2D eigenvalue weighted by atomic mass is 32.2. The summed E-state index contributed by atoms with van der Waals surface area (Å²) < 4.78 is 23.6. The molecule has 1 aromatic carbocycles. The molecule has 6 nitrogen and oxygen atoms in total. The summed E-state index contributed by atoms with van der Waals surface area (Å²) in [6.07, 6.45) is 1.13. The van der Waals surface area contributed by atoms with Gasteiger partial charge in [0.15, 0.2) is 0 Å². The largest absolute Gasteiger partial charge is 0.326 e. The number of carbonyl (C=O) groups is 1. The van der Waals surface area contributed by atoms with Crippen LogP contribution >= 0.6 is 0 Å². The Morgan fingerprint density at radius 3 is 2.42 bits per heavy atom. The van der Waals surface area contributed by atoms with Crippen LogP contribution in [-0.4, -0.2) is 38.0 Å². The molecule has 7 heteroatoms. The van der Waals surface area contributed by atoms with E-state index in [1.807, 2.05) is 6.07 Å². The first-order chi connectivity index (χ1) is 8.90. The van der Waals surface area contributed by atoms with E-state index >= 15 is 0 Å². The number of benzene rings is 1. The third-order valence-electron chi connectivity index (χ3n) is 2.97. The van der Waals surface area contributed by atoms with Crippen molar-refractivity contribution in [3.8, 4) is 6.07 Å². The molecule has 19 heavy (non-hydrogen) atoms. The molecule has 0 saturated carbocycles. The van der Waals surface area contributed by atoms with E-state index in [0.29, 0.717) is 11.3 Å². The summed E-state index contributed by atoms with van der Waals surface area (Å²) in [5, 5.41) is 11.3. The number of hydrogen-bond donors (Lipinski definition) is 1. The lowest BCUT2D eigenvalue weighted by molar-refractivity contribution is -0.122. The molecule has 1 heterocycles.